The summed E-state index contributed by atoms with van der Waals surface area (Å²) in [6.45, 7) is 3.58. The lowest BCUT2D eigenvalue weighted by atomic mass is 10.1. The summed E-state index contributed by atoms with van der Waals surface area (Å²) in [5.74, 6) is 0.333. The van der Waals surface area contributed by atoms with Gasteiger partial charge in [-0.25, -0.2) is 8.96 Å². The van der Waals surface area contributed by atoms with Gasteiger partial charge in [-0.1, -0.05) is 41.4 Å². The topological polar surface area (TPSA) is 55.2 Å². The van der Waals surface area contributed by atoms with E-state index in [0.29, 0.717) is 17.1 Å². The number of hydrogen-bond donors (Lipinski definition) is 0. The van der Waals surface area contributed by atoms with Crippen LogP contribution in [0.15, 0.2) is 24.3 Å². The number of imidazole rings is 1. The third-order valence-corrected chi connectivity index (χ3v) is 5.06. The highest BCUT2D eigenvalue weighted by Crippen LogP contribution is 2.30. The predicted octanol–water partition coefficient (Wildman–Crippen LogP) is 2.47. The molecule has 2 rings (SSSR count). The quantitative estimate of drug-likeness (QED) is 0.874. The number of hydrogen-bond acceptors (Lipinski definition) is 3. The van der Waals surface area contributed by atoms with Crippen molar-refractivity contribution in [3.8, 4) is 11.3 Å². The zero-order valence-electron chi connectivity index (χ0n) is 11.8. The molecule has 1 aromatic carbocycles. The average molecular weight is 314 g/mol. The van der Waals surface area contributed by atoms with Gasteiger partial charge in [-0.3, -0.25) is 0 Å². The Labute approximate surface area is 124 Å². The van der Waals surface area contributed by atoms with Gasteiger partial charge >= 0.3 is 10.2 Å². The van der Waals surface area contributed by atoms with Crippen LogP contribution in [0.25, 0.3) is 11.3 Å². The maximum atomic E-state index is 12.4. The molecule has 0 spiro atoms. The molecule has 0 saturated heterocycles. The number of halogens is 1. The number of benzene rings is 1. The Balaban J connectivity index is 2.75. The van der Waals surface area contributed by atoms with Crippen molar-refractivity contribution in [2.75, 3.05) is 14.1 Å². The van der Waals surface area contributed by atoms with Gasteiger partial charge in [-0.2, -0.15) is 12.7 Å². The molecule has 1 aromatic heterocycles. The van der Waals surface area contributed by atoms with Crippen LogP contribution in [0.3, 0.4) is 0 Å². The van der Waals surface area contributed by atoms with E-state index in [1.54, 1.807) is 6.92 Å². The van der Waals surface area contributed by atoms with Crippen molar-refractivity contribution in [2.24, 2.45) is 0 Å². The van der Waals surface area contributed by atoms with Gasteiger partial charge in [-0.15, -0.1) is 0 Å². The Kier molecular flexibility index (Phi) is 3.90. The van der Waals surface area contributed by atoms with E-state index in [-0.39, 0.29) is 5.15 Å². The standard InChI is InChI=1S/C13H16ClN3O2S/c1-9-5-7-11(8-6-9)12-13(14)15-10(2)17(12)20(18,19)16(3)4/h5-8H,1-4H3. The summed E-state index contributed by atoms with van der Waals surface area (Å²) in [6.07, 6.45) is 0. The number of rotatable bonds is 3. The molecule has 0 radical (unpaired) electrons. The van der Waals surface area contributed by atoms with Crippen LogP contribution in [0.2, 0.25) is 5.15 Å². The highest BCUT2D eigenvalue weighted by molar-refractivity contribution is 7.87. The Bertz CT molecular complexity index is 734. The summed E-state index contributed by atoms with van der Waals surface area (Å²) in [4.78, 5) is 4.08. The first-order valence-corrected chi connectivity index (χ1v) is 7.77. The first-order chi connectivity index (χ1) is 9.25. The second kappa shape index (κ2) is 5.20. The van der Waals surface area contributed by atoms with Crippen LogP contribution < -0.4 is 0 Å². The number of aromatic nitrogens is 2. The molecule has 5 nitrogen and oxygen atoms in total. The van der Waals surface area contributed by atoms with Crippen LogP contribution in [0.1, 0.15) is 11.4 Å². The van der Waals surface area contributed by atoms with Crippen LogP contribution in [-0.2, 0) is 10.2 Å². The van der Waals surface area contributed by atoms with Gasteiger partial charge in [0.05, 0.1) is 0 Å². The molecule has 0 aliphatic rings. The Hall–Kier alpha value is -1.37. The molecule has 0 atom stereocenters. The van der Waals surface area contributed by atoms with E-state index < -0.39 is 10.2 Å². The monoisotopic (exact) mass is 313 g/mol. The van der Waals surface area contributed by atoms with Gasteiger partial charge < -0.3 is 0 Å². The summed E-state index contributed by atoms with van der Waals surface area (Å²) in [6, 6.07) is 7.47. The van der Waals surface area contributed by atoms with Crippen molar-refractivity contribution in [1.29, 1.82) is 0 Å². The molecule has 0 amide bonds. The van der Waals surface area contributed by atoms with Gasteiger partial charge in [0, 0.05) is 19.7 Å². The van der Waals surface area contributed by atoms with E-state index in [1.807, 2.05) is 31.2 Å². The van der Waals surface area contributed by atoms with Crippen LogP contribution >= 0.6 is 11.6 Å². The van der Waals surface area contributed by atoms with E-state index in [1.165, 1.54) is 18.1 Å². The summed E-state index contributed by atoms with van der Waals surface area (Å²) < 4.78 is 27.1. The molecule has 0 saturated carbocycles. The summed E-state index contributed by atoms with van der Waals surface area (Å²) in [5.41, 5.74) is 2.19. The van der Waals surface area contributed by atoms with Crippen LogP contribution in [0.4, 0.5) is 0 Å². The second-order valence-corrected chi connectivity index (χ2v) is 7.07. The van der Waals surface area contributed by atoms with Crippen molar-refractivity contribution in [3.63, 3.8) is 0 Å². The maximum absolute atomic E-state index is 12.4. The number of aryl methyl sites for hydroxylation is 2. The molecule has 108 valence electrons. The predicted molar refractivity (Wildman–Crippen MR) is 80.2 cm³/mol. The lowest BCUT2D eigenvalue weighted by molar-refractivity contribution is 0.510. The zero-order chi connectivity index (χ0) is 15.1. The van der Waals surface area contributed by atoms with Gasteiger partial charge in [-0.05, 0) is 13.8 Å². The first-order valence-electron chi connectivity index (χ1n) is 6.00. The minimum Gasteiger partial charge on any atom is -0.220 e. The van der Waals surface area contributed by atoms with Crippen molar-refractivity contribution in [2.45, 2.75) is 13.8 Å². The molecular formula is C13H16ClN3O2S. The minimum atomic E-state index is -3.67. The molecule has 0 bridgehead atoms. The number of nitrogens with zero attached hydrogens (tertiary/aromatic N) is 3. The third-order valence-electron chi connectivity index (χ3n) is 2.97. The second-order valence-electron chi connectivity index (χ2n) is 4.72. The fourth-order valence-electron chi connectivity index (χ4n) is 1.88. The normalized spacial score (nSPS) is 12.1. The smallest absolute Gasteiger partial charge is 0.220 e. The molecule has 1 heterocycles. The van der Waals surface area contributed by atoms with Gasteiger partial charge in [0.1, 0.15) is 11.5 Å². The van der Waals surface area contributed by atoms with Gasteiger partial charge in [0.2, 0.25) is 0 Å². The molecule has 0 unspecified atom stereocenters. The zero-order valence-corrected chi connectivity index (χ0v) is 13.3. The Morgan fingerprint density at radius 2 is 1.70 bits per heavy atom. The van der Waals surface area contributed by atoms with Gasteiger partial charge in [0.15, 0.2) is 5.15 Å². The van der Waals surface area contributed by atoms with E-state index in [0.717, 1.165) is 9.87 Å². The van der Waals surface area contributed by atoms with Crippen LogP contribution in [0.5, 0.6) is 0 Å². The molecule has 2 aromatic rings. The van der Waals surface area contributed by atoms with Crippen molar-refractivity contribution in [3.05, 3.63) is 40.8 Å². The SMILES string of the molecule is Cc1ccc(-c2c(Cl)nc(C)n2S(=O)(=O)N(C)C)cc1. The van der Waals surface area contributed by atoms with E-state index >= 15 is 0 Å². The molecule has 0 fully saturated rings. The summed E-state index contributed by atoms with van der Waals surface area (Å²) >= 11 is 6.12. The highest BCUT2D eigenvalue weighted by atomic mass is 35.5. The maximum Gasteiger partial charge on any atom is 0.309 e. The summed E-state index contributed by atoms with van der Waals surface area (Å²) in [5, 5.41) is 0.178. The molecule has 0 N–H and O–H groups in total. The van der Waals surface area contributed by atoms with E-state index in [4.69, 9.17) is 11.6 Å². The molecule has 0 aliphatic carbocycles. The Morgan fingerprint density at radius 3 is 2.20 bits per heavy atom. The van der Waals surface area contributed by atoms with Crippen molar-refractivity contribution >= 4 is 21.8 Å². The third kappa shape index (κ3) is 2.46. The van der Waals surface area contributed by atoms with Crippen molar-refractivity contribution < 1.29 is 8.42 Å². The van der Waals surface area contributed by atoms with E-state index in [2.05, 4.69) is 4.98 Å². The van der Waals surface area contributed by atoms with Crippen LogP contribution in [0, 0.1) is 13.8 Å². The summed E-state index contributed by atoms with van der Waals surface area (Å²) in [7, 11) is -0.725. The largest absolute Gasteiger partial charge is 0.309 e. The lowest BCUT2D eigenvalue weighted by Gasteiger charge is -2.16. The Morgan fingerprint density at radius 1 is 1.15 bits per heavy atom. The molecule has 0 aliphatic heterocycles. The molecular weight excluding hydrogens is 298 g/mol. The van der Waals surface area contributed by atoms with E-state index in [9.17, 15) is 8.42 Å². The van der Waals surface area contributed by atoms with Crippen molar-refractivity contribution in [1.82, 2.24) is 13.3 Å². The average Bonchev–Trinajstić information content (AvgIpc) is 2.65. The minimum absolute atomic E-state index is 0.178. The highest BCUT2D eigenvalue weighted by Gasteiger charge is 2.26. The van der Waals surface area contributed by atoms with Gasteiger partial charge in [0.25, 0.3) is 0 Å². The molecule has 7 heteroatoms. The van der Waals surface area contributed by atoms with Crippen LogP contribution in [-0.4, -0.2) is 35.8 Å². The fourth-order valence-corrected chi connectivity index (χ4v) is 3.37. The lowest BCUT2D eigenvalue weighted by Crippen LogP contribution is -2.30. The fraction of sp³-hybridized carbons (Fsp3) is 0.308. The first kappa shape index (κ1) is 15.0. The molecule has 20 heavy (non-hydrogen) atoms.